The molecule has 3 heteroatoms. The van der Waals surface area contributed by atoms with Crippen LogP contribution in [0, 0.1) is 0 Å². The van der Waals surface area contributed by atoms with Gasteiger partial charge in [0.05, 0.1) is 5.69 Å². The van der Waals surface area contributed by atoms with Gasteiger partial charge in [-0.25, -0.2) is 0 Å². The van der Waals surface area contributed by atoms with Gasteiger partial charge in [0.1, 0.15) is 0 Å². The van der Waals surface area contributed by atoms with E-state index in [0.717, 1.165) is 17.1 Å². The standard InChI is InChI=1S/C48H31NS2/c1-3-12-32(13-4-1)34-16-11-17-35(28-34)36-22-27-44(43(29-36)33-14-5-2-6-15-33)49(37-23-25-41-39-18-7-9-20-45(39)50-47(41)30-37)38-24-26-42-40-19-8-10-21-46(40)51-48(42)31-38/h1-31H. The number of hydrogen-bond donors (Lipinski definition) is 0. The summed E-state index contributed by atoms with van der Waals surface area (Å²) < 4.78 is 5.21. The Bertz CT molecular complexity index is 2750. The SMILES string of the molecule is c1ccc(-c2cccc(-c3ccc(N(c4ccc5c(c4)sc4ccccc45)c4ccc5c(c4)sc4ccccc45)c(-c4ccccc4)c3)c2)cc1. The van der Waals surface area contributed by atoms with Crippen LogP contribution in [0.4, 0.5) is 17.1 Å². The van der Waals surface area contributed by atoms with Gasteiger partial charge < -0.3 is 4.90 Å². The summed E-state index contributed by atoms with van der Waals surface area (Å²) in [7, 11) is 0. The van der Waals surface area contributed by atoms with Crippen molar-refractivity contribution >= 4 is 80.1 Å². The van der Waals surface area contributed by atoms with E-state index in [0.29, 0.717) is 0 Å². The molecular formula is C48H31NS2. The van der Waals surface area contributed by atoms with Gasteiger partial charge >= 0.3 is 0 Å². The Morgan fingerprint density at radius 1 is 0.294 bits per heavy atom. The highest BCUT2D eigenvalue weighted by molar-refractivity contribution is 7.26. The smallest absolute Gasteiger partial charge is 0.0540 e. The second-order valence-electron chi connectivity index (χ2n) is 12.9. The lowest BCUT2D eigenvalue weighted by atomic mass is 9.94. The van der Waals surface area contributed by atoms with Gasteiger partial charge in [-0.05, 0) is 82.4 Å². The predicted octanol–water partition coefficient (Wildman–Crippen LogP) is 14.9. The maximum atomic E-state index is 2.46. The number of benzene rings is 8. The lowest BCUT2D eigenvalue weighted by molar-refractivity contribution is 1.30. The molecule has 0 unspecified atom stereocenters. The molecular weight excluding hydrogens is 655 g/mol. The van der Waals surface area contributed by atoms with Crippen molar-refractivity contribution in [2.45, 2.75) is 0 Å². The normalized spacial score (nSPS) is 11.5. The van der Waals surface area contributed by atoms with Gasteiger partial charge in [0, 0.05) is 57.3 Å². The molecule has 2 heterocycles. The molecule has 0 aliphatic rings. The Kier molecular flexibility index (Phi) is 7.26. The summed E-state index contributed by atoms with van der Waals surface area (Å²) in [5.74, 6) is 0. The van der Waals surface area contributed by atoms with Crippen LogP contribution in [0.15, 0.2) is 188 Å². The molecule has 0 spiro atoms. The van der Waals surface area contributed by atoms with E-state index in [1.165, 1.54) is 73.7 Å². The molecule has 0 saturated heterocycles. The monoisotopic (exact) mass is 685 g/mol. The van der Waals surface area contributed by atoms with Crippen LogP contribution in [0.25, 0.3) is 73.7 Å². The number of nitrogens with zero attached hydrogens (tertiary/aromatic N) is 1. The quantitative estimate of drug-likeness (QED) is 0.168. The van der Waals surface area contributed by atoms with Crippen LogP contribution < -0.4 is 4.90 Å². The van der Waals surface area contributed by atoms with E-state index in [1.54, 1.807) is 0 Å². The second-order valence-corrected chi connectivity index (χ2v) is 15.1. The number of anilines is 3. The first-order chi connectivity index (χ1) is 25.3. The van der Waals surface area contributed by atoms with Crippen molar-refractivity contribution < 1.29 is 0 Å². The van der Waals surface area contributed by atoms with Gasteiger partial charge in [-0.1, -0.05) is 133 Å². The largest absolute Gasteiger partial charge is 0.310 e. The highest BCUT2D eigenvalue weighted by atomic mass is 32.1. The minimum Gasteiger partial charge on any atom is -0.310 e. The molecule has 0 atom stereocenters. The molecule has 0 amide bonds. The van der Waals surface area contributed by atoms with E-state index in [9.17, 15) is 0 Å². The third-order valence-electron chi connectivity index (χ3n) is 9.87. The van der Waals surface area contributed by atoms with Gasteiger partial charge in [-0.3, -0.25) is 0 Å². The molecule has 51 heavy (non-hydrogen) atoms. The Hall–Kier alpha value is -6.00. The molecule has 1 nitrogen and oxygen atoms in total. The molecule has 0 saturated carbocycles. The fourth-order valence-corrected chi connectivity index (χ4v) is 9.68. The first kappa shape index (κ1) is 29.9. The fraction of sp³-hybridized carbons (Fsp3) is 0. The van der Waals surface area contributed by atoms with Crippen molar-refractivity contribution in [3.8, 4) is 33.4 Å². The van der Waals surface area contributed by atoms with Gasteiger partial charge in [0.15, 0.2) is 0 Å². The molecule has 0 aliphatic carbocycles. The molecule has 240 valence electrons. The Morgan fingerprint density at radius 2 is 0.765 bits per heavy atom. The number of thiophene rings is 2. The van der Waals surface area contributed by atoms with Crippen molar-refractivity contribution in [3.05, 3.63) is 188 Å². The average Bonchev–Trinajstić information content (AvgIpc) is 3.76. The number of hydrogen-bond acceptors (Lipinski definition) is 3. The summed E-state index contributed by atoms with van der Waals surface area (Å²) in [5.41, 5.74) is 10.6. The van der Waals surface area contributed by atoms with Gasteiger partial charge in [-0.15, -0.1) is 22.7 Å². The maximum absolute atomic E-state index is 2.46. The van der Waals surface area contributed by atoms with E-state index in [-0.39, 0.29) is 0 Å². The maximum Gasteiger partial charge on any atom is 0.0540 e. The van der Waals surface area contributed by atoms with Gasteiger partial charge in [-0.2, -0.15) is 0 Å². The zero-order chi connectivity index (χ0) is 33.7. The lowest BCUT2D eigenvalue weighted by Gasteiger charge is -2.28. The van der Waals surface area contributed by atoms with Crippen LogP contribution >= 0.6 is 22.7 Å². The lowest BCUT2D eigenvalue weighted by Crippen LogP contribution is -2.11. The van der Waals surface area contributed by atoms with Crippen LogP contribution in [0.2, 0.25) is 0 Å². The fourth-order valence-electron chi connectivity index (χ4n) is 7.40. The van der Waals surface area contributed by atoms with E-state index < -0.39 is 0 Å². The predicted molar refractivity (Wildman–Crippen MR) is 223 cm³/mol. The molecule has 10 rings (SSSR count). The zero-order valence-electron chi connectivity index (χ0n) is 27.7. The van der Waals surface area contributed by atoms with Crippen LogP contribution in [0.3, 0.4) is 0 Å². The van der Waals surface area contributed by atoms with Crippen LogP contribution in [0.5, 0.6) is 0 Å². The van der Waals surface area contributed by atoms with E-state index in [2.05, 4.69) is 193 Å². The summed E-state index contributed by atoms with van der Waals surface area (Å²) >= 11 is 3.73. The zero-order valence-corrected chi connectivity index (χ0v) is 29.3. The van der Waals surface area contributed by atoms with Crippen molar-refractivity contribution in [1.29, 1.82) is 0 Å². The Balaban J connectivity index is 1.20. The van der Waals surface area contributed by atoms with E-state index >= 15 is 0 Å². The molecule has 0 bridgehead atoms. The van der Waals surface area contributed by atoms with Crippen molar-refractivity contribution in [1.82, 2.24) is 0 Å². The van der Waals surface area contributed by atoms with Gasteiger partial charge in [0.25, 0.3) is 0 Å². The molecule has 0 aliphatic heterocycles. The average molecular weight is 686 g/mol. The van der Waals surface area contributed by atoms with Crippen molar-refractivity contribution in [3.63, 3.8) is 0 Å². The first-order valence-corrected chi connectivity index (χ1v) is 18.9. The molecule has 0 N–H and O–H groups in total. The summed E-state index contributed by atoms with van der Waals surface area (Å²) in [4.78, 5) is 2.46. The summed E-state index contributed by atoms with van der Waals surface area (Å²) in [5, 5.41) is 5.23. The Labute approximate surface area is 304 Å². The molecule has 2 aromatic heterocycles. The van der Waals surface area contributed by atoms with Crippen LogP contribution in [-0.4, -0.2) is 0 Å². The number of fused-ring (bicyclic) bond motifs is 6. The van der Waals surface area contributed by atoms with Gasteiger partial charge in [0.2, 0.25) is 0 Å². The van der Waals surface area contributed by atoms with E-state index in [1.807, 2.05) is 22.7 Å². The minimum atomic E-state index is 1.14. The highest BCUT2D eigenvalue weighted by Gasteiger charge is 2.20. The highest BCUT2D eigenvalue weighted by Crippen LogP contribution is 2.46. The first-order valence-electron chi connectivity index (χ1n) is 17.2. The molecule has 0 fully saturated rings. The topological polar surface area (TPSA) is 3.24 Å². The number of rotatable bonds is 6. The molecule has 8 aromatic carbocycles. The van der Waals surface area contributed by atoms with Crippen molar-refractivity contribution in [2.24, 2.45) is 0 Å². The van der Waals surface area contributed by atoms with Crippen molar-refractivity contribution in [2.75, 3.05) is 4.90 Å². The summed E-state index contributed by atoms with van der Waals surface area (Å²) in [6, 6.07) is 68.7. The Morgan fingerprint density at radius 3 is 1.37 bits per heavy atom. The summed E-state index contributed by atoms with van der Waals surface area (Å²) in [6.45, 7) is 0. The summed E-state index contributed by atoms with van der Waals surface area (Å²) in [6.07, 6.45) is 0. The third-order valence-corrected chi connectivity index (χ3v) is 12.1. The van der Waals surface area contributed by atoms with Crippen LogP contribution in [0.1, 0.15) is 0 Å². The van der Waals surface area contributed by atoms with E-state index in [4.69, 9.17) is 0 Å². The second kappa shape index (κ2) is 12.4. The van der Waals surface area contributed by atoms with Crippen LogP contribution in [-0.2, 0) is 0 Å². The minimum absolute atomic E-state index is 1.14. The third kappa shape index (κ3) is 5.30. The molecule has 10 aromatic rings. The molecule has 0 radical (unpaired) electrons.